The van der Waals surface area contributed by atoms with Crippen molar-refractivity contribution >= 4 is 50.9 Å². The minimum Gasteiger partial charge on any atom is -0.345 e. The van der Waals surface area contributed by atoms with Gasteiger partial charge in [-0.25, -0.2) is 9.97 Å². The number of benzene rings is 1. The summed E-state index contributed by atoms with van der Waals surface area (Å²) in [4.78, 5) is 21.7. The molecule has 126 valence electrons. The monoisotopic (exact) mass is 371 g/mol. The lowest BCUT2D eigenvalue weighted by Gasteiger charge is -2.03. The van der Waals surface area contributed by atoms with Crippen molar-refractivity contribution in [2.24, 2.45) is 7.05 Å². The molecule has 8 heteroatoms. The van der Waals surface area contributed by atoms with E-state index in [1.165, 1.54) is 17.4 Å². The molecule has 0 unspecified atom stereocenters. The van der Waals surface area contributed by atoms with Crippen molar-refractivity contribution in [3.63, 3.8) is 0 Å². The van der Waals surface area contributed by atoms with Crippen LogP contribution in [0.25, 0.3) is 22.1 Å². The molecule has 0 aliphatic carbocycles. The molecule has 0 saturated heterocycles. The summed E-state index contributed by atoms with van der Waals surface area (Å²) in [6.07, 6.45) is 4.99. The van der Waals surface area contributed by atoms with Crippen molar-refractivity contribution in [3.8, 4) is 0 Å². The molecule has 0 atom stereocenters. The van der Waals surface area contributed by atoms with E-state index in [4.69, 9.17) is 11.6 Å². The Hall–Kier alpha value is -2.64. The fourth-order valence-electron chi connectivity index (χ4n) is 2.66. The molecule has 0 radical (unpaired) electrons. The third kappa shape index (κ3) is 2.92. The molecule has 6 nitrogen and oxygen atoms in total. The van der Waals surface area contributed by atoms with Crippen LogP contribution in [0.3, 0.4) is 0 Å². The fourth-order valence-corrected chi connectivity index (χ4v) is 3.66. The van der Waals surface area contributed by atoms with Gasteiger partial charge >= 0.3 is 0 Å². The van der Waals surface area contributed by atoms with Gasteiger partial charge in [-0.2, -0.15) is 0 Å². The summed E-state index contributed by atoms with van der Waals surface area (Å²) >= 11 is 7.60. The molecule has 0 spiro atoms. The zero-order valence-corrected chi connectivity index (χ0v) is 14.9. The Morgan fingerprint density at radius 1 is 1.36 bits per heavy atom. The third-order valence-corrected chi connectivity index (χ3v) is 4.98. The predicted octanol–water partition coefficient (Wildman–Crippen LogP) is 3.27. The molecule has 0 fully saturated rings. The zero-order valence-electron chi connectivity index (χ0n) is 13.3. The van der Waals surface area contributed by atoms with Crippen molar-refractivity contribution in [2.75, 3.05) is 0 Å². The maximum atomic E-state index is 12.1. The maximum Gasteiger partial charge on any atom is 0.244 e. The number of halogens is 1. The Morgan fingerprint density at radius 2 is 2.20 bits per heavy atom. The summed E-state index contributed by atoms with van der Waals surface area (Å²) in [5.41, 5.74) is 2.64. The first-order chi connectivity index (χ1) is 12.1. The highest BCUT2D eigenvalue weighted by Crippen LogP contribution is 2.22. The van der Waals surface area contributed by atoms with Crippen molar-refractivity contribution < 1.29 is 4.79 Å². The van der Waals surface area contributed by atoms with Crippen LogP contribution in [0.15, 0.2) is 41.9 Å². The Morgan fingerprint density at radius 3 is 3.04 bits per heavy atom. The molecule has 4 aromatic rings. The number of carbonyl (C=O) groups is 1. The Balaban J connectivity index is 1.47. The van der Waals surface area contributed by atoms with Gasteiger partial charge < -0.3 is 9.88 Å². The van der Waals surface area contributed by atoms with Crippen molar-refractivity contribution in [1.82, 2.24) is 24.3 Å². The van der Waals surface area contributed by atoms with E-state index in [-0.39, 0.29) is 5.91 Å². The number of aryl methyl sites for hydroxylation is 1. The highest BCUT2D eigenvalue weighted by molar-refractivity contribution is 7.15. The van der Waals surface area contributed by atoms with Gasteiger partial charge in [0, 0.05) is 24.7 Å². The number of rotatable bonds is 4. The molecule has 0 aliphatic rings. The molecule has 4 rings (SSSR count). The SMILES string of the molecule is Cn1c(CNC(=O)/C=C/c2c(Cl)nc3sccn23)nc2ccccc21. The highest BCUT2D eigenvalue weighted by atomic mass is 35.5. The lowest BCUT2D eigenvalue weighted by molar-refractivity contribution is -0.116. The molecule has 0 aliphatic heterocycles. The average molecular weight is 372 g/mol. The van der Waals surface area contributed by atoms with Crippen molar-refractivity contribution in [3.05, 3.63) is 58.6 Å². The van der Waals surface area contributed by atoms with Crippen LogP contribution in [-0.2, 0) is 18.4 Å². The smallest absolute Gasteiger partial charge is 0.244 e. The van der Waals surface area contributed by atoms with Gasteiger partial charge in [-0.15, -0.1) is 11.3 Å². The van der Waals surface area contributed by atoms with Gasteiger partial charge in [0.25, 0.3) is 0 Å². The topological polar surface area (TPSA) is 64.2 Å². The first-order valence-corrected chi connectivity index (χ1v) is 8.86. The van der Waals surface area contributed by atoms with Gasteiger partial charge in [-0.3, -0.25) is 9.20 Å². The molecule has 1 N–H and O–H groups in total. The second-order valence-corrected chi connectivity index (χ2v) is 6.70. The molecule has 1 amide bonds. The van der Waals surface area contributed by atoms with E-state index in [9.17, 15) is 4.79 Å². The molecule has 0 saturated carbocycles. The van der Waals surface area contributed by atoms with Crippen LogP contribution in [0.5, 0.6) is 0 Å². The number of nitrogens with one attached hydrogen (secondary N) is 1. The molecule has 1 aromatic carbocycles. The van der Waals surface area contributed by atoms with Gasteiger partial charge in [-0.05, 0) is 18.2 Å². The lowest BCUT2D eigenvalue weighted by Crippen LogP contribution is -2.22. The number of amides is 1. The maximum absolute atomic E-state index is 12.1. The number of carbonyl (C=O) groups excluding carboxylic acids is 1. The van der Waals surface area contributed by atoms with E-state index < -0.39 is 0 Å². The highest BCUT2D eigenvalue weighted by Gasteiger charge is 2.10. The number of fused-ring (bicyclic) bond motifs is 2. The van der Waals surface area contributed by atoms with E-state index in [2.05, 4.69) is 15.3 Å². The second-order valence-electron chi connectivity index (χ2n) is 5.47. The van der Waals surface area contributed by atoms with Crippen LogP contribution < -0.4 is 5.32 Å². The van der Waals surface area contributed by atoms with Gasteiger partial charge in [0.2, 0.25) is 5.91 Å². The molecule has 25 heavy (non-hydrogen) atoms. The minimum absolute atomic E-state index is 0.215. The summed E-state index contributed by atoms with van der Waals surface area (Å²) in [6.45, 7) is 0.350. The number of hydrogen-bond acceptors (Lipinski definition) is 4. The van der Waals surface area contributed by atoms with Crippen LogP contribution >= 0.6 is 22.9 Å². The Bertz CT molecular complexity index is 1110. The number of hydrogen-bond donors (Lipinski definition) is 1. The molecule has 3 heterocycles. The largest absolute Gasteiger partial charge is 0.345 e. The van der Waals surface area contributed by atoms with Gasteiger partial charge in [0.1, 0.15) is 5.82 Å². The van der Waals surface area contributed by atoms with E-state index in [0.717, 1.165) is 21.8 Å². The third-order valence-electron chi connectivity index (χ3n) is 3.95. The predicted molar refractivity (Wildman–Crippen MR) is 99.7 cm³/mol. The average Bonchev–Trinajstić information content (AvgIpc) is 3.26. The molecular weight excluding hydrogens is 358 g/mol. The number of nitrogens with zero attached hydrogens (tertiary/aromatic N) is 4. The second kappa shape index (κ2) is 6.34. The van der Waals surface area contributed by atoms with E-state index in [1.807, 2.05) is 51.9 Å². The van der Waals surface area contributed by atoms with Crippen LogP contribution in [0.1, 0.15) is 11.5 Å². The number of para-hydroxylation sites is 2. The summed E-state index contributed by atoms with van der Waals surface area (Å²) in [5, 5.41) is 5.14. The van der Waals surface area contributed by atoms with Gasteiger partial charge in [0.15, 0.2) is 10.1 Å². The van der Waals surface area contributed by atoms with Crippen molar-refractivity contribution in [2.45, 2.75) is 6.54 Å². The normalized spacial score (nSPS) is 11.8. The summed E-state index contributed by atoms with van der Waals surface area (Å²) < 4.78 is 3.82. The van der Waals surface area contributed by atoms with E-state index in [1.54, 1.807) is 6.08 Å². The molecule has 3 aromatic heterocycles. The molecular formula is C17H14ClN5OS. The fraction of sp³-hybridized carbons (Fsp3) is 0.118. The van der Waals surface area contributed by atoms with E-state index >= 15 is 0 Å². The van der Waals surface area contributed by atoms with Crippen LogP contribution in [0.4, 0.5) is 0 Å². The minimum atomic E-state index is -0.215. The summed E-state index contributed by atoms with van der Waals surface area (Å²) in [7, 11) is 1.94. The van der Waals surface area contributed by atoms with Gasteiger partial charge in [0.05, 0.1) is 23.3 Å². The Kier molecular flexibility index (Phi) is 4.03. The first-order valence-electron chi connectivity index (χ1n) is 7.61. The Labute approximate surface area is 152 Å². The lowest BCUT2D eigenvalue weighted by atomic mass is 10.3. The number of thiazole rings is 1. The number of aromatic nitrogens is 4. The van der Waals surface area contributed by atoms with E-state index in [0.29, 0.717) is 17.4 Å². The first kappa shape index (κ1) is 15.9. The standard InChI is InChI=1S/C17H14ClN5OS/c1-22-12-5-3-2-4-11(12)20-14(22)10-19-15(24)7-6-13-16(18)21-17-23(13)8-9-25-17/h2-9H,10H2,1H3,(H,19,24)/b7-6+. The summed E-state index contributed by atoms with van der Waals surface area (Å²) in [6, 6.07) is 7.87. The van der Waals surface area contributed by atoms with Crippen LogP contribution in [-0.4, -0.2) is 24.8 Å². The van der Waals surface area contributed by atoms with Crippen LogP contribution in [0.2, 0.25) is 5.15 Å². The summed E-state index contributed by atoms with van der Waals surface area (Å²) in [5.74, 6) is 0.582. The quantitative estimate of drug-likeness (QED) is 0.560. The van der Waals surface area contributed by atoms with Crippen LogP contribution in [0, 0.1) is 0 Å². The number of imidazole rings is 2. The van der Waals surface area contributed by atoms with Gasteiger partial charge in [-0.1, -0.05) is 23.7 Å². The van der Waals surface area contributed by atoms with Crippen molar-refractivity contribution in [1.29, 1.82) is 0 Å². The molecule has 0 bridgehead atoms. The zero-order chi connectivity index (χ0) is 17.4.